The first-order valence-electron chi connectivity index (χ1n) is 5.45. The number of carbonyl (C=O) groups is 1. The van der Waals surface area contributed by atoms with Crippen LogP contribution in [0.2, 0.25) is 6.82 Å². The van der Waals surface area contributed by atoms with E-state index in [1.165, 1.54) is 6.82 Å². The van der Waals surface area contributed by atoms with Crippen LogP contribution in [-0.4, -0.2) is 35.7 Å². The first-order valence-corrected chi connectivity index (χ1v) is 5.45. The van der Waals surface area contributed by atoms with Crippen LogP contribution < -0.4 is 10.5 Å². The molecule has 0 spiro atoms. The fourth-order valence-corrected chi connectivity index (χ4v) is 1.37. The van der Waals surface area contributed by atoms with Crippen molar-refractivity contribution in [2.45, 2.75) is 19.8 Å². The normalized spacial score (nSPS) is 12.0. The summed E-state index contributed by atoms with van der Waals surface area (Å²) in [6.07, 6.45) is 0. The minimum absolute atomic E-state index is 0.372. The second kappa shape index (κ2) is 6.39. The molecular weight excluding hydrogens is 219 g/mol. The van der Waals surface area contributed by atoms with Gasteiger partial charge in [0.05, 0.1) is 6.61 Å². The van der Waals surface area contributed by atoms with Gasteiger partial charge in [-0.3, -0.25) is 4.79 Å². The van der Waals surface area contributed by atoms with Crippen LogP contribution in [-0.2, 0) is 4.79 Å². The summed E-state index contributed by atoms with van der Waals surface area (Å²) in [6, 6.07) is 6.50. The number of hydrogen-bond acceptors (Lipinski definition) is 4. The highest BCUT2D eigenvalue weighted by atomic mass is 16.3. The smallest absolute Gasteiger partial charge is 0.374 e. The predicted octanol–water partition coefficient (Wildman–Crippen LogP) is -0.00568. The van der Waals surface area contributed by atoms with E-state index in [-0.39, 0.29) is 12.5 Å². The van der Waals surface area contributed by atoms with Crippen LogP contribution in [0, 0.1) is 6.92 Å². The number of hydrogen-bond donors (Lipinski definition) is 4. The summed E-state index contributed by atoms with van der Waals surface area (Å²) in [6.45, 7) is 3.07. The zero-order chi connectivity index (χ0) is 12.8. The molecule has 0 saturated carbocycles. The number of benzene rings is 1. The first kappa shape index (κ1) is 13.7. The Bertz CT molecular complexity index is 367. The summed E-state index contributed by atoms with van der Waals surface area (Å²) in [5.41, 5.74) is 1.76. The molecule has 0 unspecified atom stereocenters. The molecule has 0 fully saturated rings. The maximum atomic E-state index is 11.7. The number of aliphatic hydroxyl groups excluding tert-OH is 1. The van der Waals surface area contributed by atoms with Gasteiger partial charge in [0.25, 0.3) is 0 Å². The van der Waals surface area contributed by atoms with Gasteiger partial charge in [-0.05, 0) is 25.9 Å². The lowest BCUT2D eigenvalue weighted by Gasteiger charge is -2.16. The number of carbonyl (C=O) groups excluding carboxylic acids is 1. The van der Waals surface area contributed by atoms with Crippen molar-refractivity contribution in [3.63, 3.8) is 0 Å². The van der Waals surface area contributed by atoms with E-state index < -0.39 is 13.1 Å². The molecule has 0 saturated heterocycles. The van der Waals surface area contributed by atoms with Gasteiger partial charge in [-0.1, -0.05) is 17.7 Å². The molecule has 1 amide bonds. The van der Waals surface area contributed by atoms with E-state index in [4.69, 9.17) is 10.1 Å². The molecule has 0 heterocycles. The van der Waals surface area contributed by atoms with Crippen LogP contribution in [0.1, 0.15) is 5.56 Å². The molecule has 1 rings (SSSR count). The van der Waals surface area contributed by atoms with Gasteiger partial charge >= 0.3 is 7.05 Å². The summed E-state index contributed by atoms with van der Waals surface area (Å²) in [5, 5.41) is 23.3. The zero-order valence-electron chi connectivity index (χ0n) is 9.97. The number of nitrogens with one attached hydrogen (secondary N) is 2. The molecule has 5 nitrogen and oxygen atoms in total. The number of amides is 1. The van der Waals surface area contributed by atoms with Gasteiger partial charge in [0.1, 0.15) is 6.04 Å². The molecule has 0 aliphatic carbocycles. The van der Waals surface area contributed by atoms with E-state index in [0.29, 0.717) is 5.69 Å². The average molecular weight is 236 g/mol. The number of rotatable bonds is 5. The standard InChI is InChI=1S/C11H17BN2O3/c1-8-3-5-9(6-4-8)13-11(16)10(7-15)14-12(2)17/h3-6,10,14-15,17H,7H2,1-2H3,(H,13,16)/t10-/m0/s1. The van der Waals surface area contributed by atoms with Gasteiger partial charge in [0, 0.05) is 5.69 Å². The van der Waals surface area contributed by atoms with Crippen LogP contribution in [0.25, 0.3) is 0 Å². The van der Waals surface area contributed by atoms with Crippen molar-refractivity contribution in [1.82, 2.24) is 5.23 Å². The Kier molecular flexibility index (Phi) is 5.15. The molecule has 0 aliphatic heterocycles. The van der Waals surface area contributed by atoms with Crippen molar-refractivity contribution < 1.29 is 14.9 Å². The maximum absolute atomic E-state index is 11.7. The number of aryl methyl sites for hydroxylation is 1. The molecule has 4 N–H and O–H groups in total. The topological polar surface area (TPSA) is 81.6 Å². The second-order valence-electron chi connectivity index (χ2n) is 3.93. The fourth-order valence-electron chi connectivity index (χ4n) is 1.37. The second-order valence-corrected chi connectivity index (χ2v) is 3.93. The SMILES string of the molecule is CB(O)N[C@@H](CO)C(=O)Nc1ccc(C)cc1. The molecule has 1 atom stereocenters. The van der Waals surface area contributed by atoms with Crippen molar-refractivity contribution >= 4 is 18.6 Å². The fraction of sp³-hybridized carbons (Fsp3) is 0.364. The highest BCUT2D eigenvalue weighted by Crippen LogP contribution is 2.08. The van der Waals surface area contributed by atoms with Crippen molar-refractivity contribution in [3.05, 3.63) is 29.8 Å². The lowest BCUT2D eigenvalue weighted by molar-refractivity contribution is -0.118. The Morgan fingerprint density at radius 2 is 2.00 bits per heavy atom. The highest BCUT2D eigenvalue weighted by molar-refractivity contribution is 6.46. The molecular formula is C11H17BN2O3. The Balaban J connectivity index is 2.60. The van der Waals surface area contributed by atoms with Crippen LogP contribution in [0.5, 0.6) is 0 Å². The molecule has 1 aromatic rings. The lowest BCUT2D eigenvalue weighted by Crippen LogP contribution is -2.49. The summed E-state index contributed by atoms with van der Waals surface area (Å²) in [5.74, 6) is -0.378. The minimum Gasteiger partial charge on any atom is -0.437 e. The third-order valence-electron chi connectivity index (χ3n) is 2.26. The Morgan fingerprint density at radius 3 is 2.47 bits per heavy atom. The van der Waals surface area contributed by atoms with Gasteiger partial charge in [-0.25, -0.2) is 0 Å². The zero-order valence-corrected chi connectivity index (χ0v) is 9.97. The minimum atomic E-state index is -0.851. The average Bonchev–Trinajstić information content (AvgIpc) is 2.28. The van der Waals surface area contributed by atoms with E-state index in [9.17, 15) is 4.79 Å². The first-order chi connectivity index (χ1) is 8.02. The van der Waals surface area contributed by atoms with Gasteiger partial charge in [0.15, 0.2) is 0 Å². The molecule has 6 heteroatoms. The molecule has 0 aliphatic rings. The molecule has 0 aromatic heterocycles. The highest BCUT2D eigenvalue weighted by Gasteiger charge is 2.20. The van der Waals surface area contributed by atoms with E-state index in [2.05, 4.69) is 10.5 Å². The number of anilines is 1. The summed E-state index contributed by atoms with van der Waals surface area (Å²) < 4.78 is 0. The number of aliphatic hydroxyl groups is 1. The van der Waals surface area contributed by atoms with Crippen LogP contribution in [0.4, 0.5) is 5.69 Å². The van der Waals surface area contributed by atoms with E-state index in [1.807, 2.05) is 19.1 Å². The quantitative estimate of drug-likeness (QED) is 0.542. The van der Waals surface area contributed by atoms with Gasteiger partial charge in [-0.15, -0.1) is 0 Å². The van der Waals surface area contributed by atoms with E-state index in [0.717, 1.165) is 5.56 Å². The van der Waals surface area contributed by atoms with Crippen molar-refractivity contribution in [2.24, 2.45) is 0 Å². The summed E-state index contributed by atoms with van der Waals surface area (Å²) in [4.78, 5) is 11.7. The Labute approximate surface area is 101 Å². The summed E-state index contributed by atoms with van der Waals surface area (Å²) >= 11 is 0. The Morgan fingerprint density at radius 1 is 1.41 bits per heavy atom. The third kappa shape index (κ3) is 4.56. The molecule has 0 bridgehead atoms. The summed E-state index contributed by atoms with van der Waals surface area (Å²) in [7, 11) is -0.851. The predicted molar refractivity (Wildman–Crippen MR) is 67.7 cm³/mol. The largest absolute Gasteiger partial charge is 0.437 e. The third-order valence-corrected chi connectivity index (χ3v) is 2.26. The van der Waals surface area contributed by atoms with Gasteiger partial charge in [-0.2, -0.15) is 0 Å². The van der Waals surface area contributed by atoms with Crippen LogP contribution in [0.3, 0.4) is 0 Å². The van der Waals surface area contributed by atoms with Gasteiger partial charge in [0.2, 0.25) is 5.91 Å². The molecule has 17 heavy (non-hydrogen) atoms. The monoisotopic (exact) mass is 236 g/mol. The van der Waals surface area contributed by atoms with Gasteiger partial charge < -0.3 is 20.7 Å². The molecule has 0 radical (unpaired) electrons. The lowest BCUT2D eigenvalue weighted by atomic mass is 9.87. The van der Waals surface area contributed by atoms with Crippen LogP contribution in [0.15, 0.2) is 24.3 Å². The van der Waals surface area contributed by atoms with Crippen molar-refractivity contribution in [3.8, 4) is 0 Å². The van der Waals surface area contributed by atoms with E-state index >= 15 is 0 Å². The van der Waals surface area contributed by atoms with Crippen molar-refractivity contribution in [1.29, 1.82) is 0 Å². The van der Waals surface area contributed by atoms with Crippen LogP contribution >= 0.6 is 0 Å². The molecule has 92 valence electrons. The molecule has 1 aromatic carbocycles. The Hall–Kier alpha value is -1.37. The maximum Gasteiger partial charge on any atom is 0.374 e. The van der Waals surface area contributed by atoms with E-state index in [1.54, 1.807) is 12.1 Å². The van der Waals surface area contributed by atoms with Crippen molar-refractivity contribution in [2.75, 3.05) is 11.9 Å².